The third-order valence-corrected chi connectivity index (χ3v) is 2.84. The third-order valence-electron chi connectivity index (χ3n) is 2.53. The molecule has 19 heavy (non-hydrogen) atoms. The van der Waals surface area contributed by atoms with E-state index in [4.69, 9.17) is 16.3 Å². The van der Waals surface area contributed by atoms with Gasteiger partial charge in [0.15, 0.2) is 0 Å². The van der Waals surface area contributed by atoms with E-state index in [0.717, 1.165) is 23.9 Å². The standard InChI is InChI=1S/C14H16ClN3O/c1-3-16-13-5-4-6-14(18-13)17-10-7-8-11(15)12(9-10)19-2/h4-9H,3H2,1-2H3,(H2,16,17,18). The molecule has 0 bridgehead atoms. The summed E-state index contributed by atoms with van der Waals surface area (Å²) in [5.74, 6) is 2.24. The highest BCUT2D eigenvalue weighted by Crippen LogP contribution is 2.28. The van der Waals surface area contributed by atoms with Gasteiger partial charge in [-0.05, 0) is 31.2 Å². The van der Waals surface area contributed by atoms with Crippen LogP contribution in [0.15, 0.2) is 36.4 Å². The molecule has 0 atom stereocenters. The summed E-state index contributed by atoms with van der Waals surface area (Å²) in [5.41, 5.74) is 0.877. The summed E-state index contributed by atoms with van der Waals surface area (Å²) in [5, 5.41) is 6.97. The van der Waals surface area contributed by atoms with Crippen molar-refractivity contribution < 1.29 is 4.74 Å². The number of aromatic nitrogens is 1. The number of nitrogens with zero attached hydrogens (tertiary/aromatic N) is 1. The van der Waals surface area contributed by atoms with Crippen molar-refractivity contribution in [1.82, 2.24) is 4.98 Å². The molecule has 0 saturated heterocycles. The van der Waals surface area contributed by atoms with E-state index in [1.54, 1.807) is 13.2 Å². The van der Waals surface area contributed by atoms with E-state index >= 15 is 0 Å². The van der Waals surface area contributed by atoms with Gasteiger partial charge in [-0.1, -0.05) is 17.7 Å². The summed E-state index contributed by atoms with van der Waals surface area (Å²) in [6, 6.07) is 11.3. The Kier molecular flexibility index (Phi) is 4.47. The number of pyridine rings is 1. The van der Waals surface area contributed by atoms with E-state index in [1.165, 1.54) is 0 Å². The second kappa shape index (κ2) is 6.29. The van der Waals surface area contributed by atoms with E-state index < -0.39 is 0 Å². The Morgan fingerprint density at radius 1 is 1.21 bits per heavy atom. The fourth-order valence-corrected chi connectivity index (χ4v) is 1.86. The van der Waals surface area contributed by atoms with Crippen LogP contribution in [0.3, 0.4) is 0 Å². The van der Waals surface area contributed by atoms with Crippen molar-refractivity contribution in [3.63, 3.8) is 0 Å². The number of ether oxygens (including phenoxy) is 1. The number of halogens is 1. The zero-order valence-corrected chi connectivity index (χ0v) is 11.7. The molecule has 0 saturated carbocycles. The summed E-state index contributed by atoms with van der Waals surface area (Å²) in [4.78, 5) is 4.44. The fraction of sp³-hybridized carbons (Fsp3) is 0.214. The van der Waals surface area contributed by atoms with E-state index in [2.05, 4.69) is 15.6 Å². The smallest absolute Gasteiger partial charge is 0.139 e. The number of rotatable bonds is 5. The molecule has 0 fully saturated rings. The maximum absolute atomic E-state index is 5.99. The second-order valence-electron chi connectivity index (χ2n) is 3.91. The van der Waals surface area contributed by atoms with Crippen molar-refractivity contribution in [1.29, 1.82) is 0 Å². The van der Waals surface area contributed by atoms with Crippen LogP contribution in [0.25, 0.3) is 0 Å². The highest BCUT2D eigenvalue weighted by molar-refractivity contribution is 6.32. The van der Waals surface area contributed by atoms with Gasteiger partial charge in [0.2, 0.25) is 0 Å². The Morgan fingerprint density at radius 3 is 2.74 bits per heavy atom. The van der Waals surface area contributed by atoms with Gasteiger partial charge in [-0.2, -0.15) is 0 Å². The Hall–Kier alpha value is -1.94. The van der Waals surface area contributed by atoms with Crippen molar-refractivity contribution >= 4 is 28.9 Å². The topological polar surface area (TPSA) is 46.2 Å². The first kappa shape index (κ1) is 13.5. The Bertz CT molecular complexity index is 560. The lowest BCUT2D eigenvalue weighted by atomic mass is 10.3. The summed E-state index contributed by atoms with van der Waals surface area (Å²) >= 11 is 5.99. The molecule has 0 spiro atoms. The molecule has 0 aliphatic heterocycles. The van der Waals surface area contributed by atoms with Crippen LogP contribution in [0, 0.1) is 0 Å². The summed E-state index contributed by atoms with van der Waals surface area (Å²) < 4.78 is 5.18. The molecule has 0 amide bonds. The van der Waals surface area contributed by atoms with E-state index in [0.29, 0.717) is 10.8 Å². The average molecular weight is 278 g/mol. The lowest BCUT2D eigenvalue weighted by Gasteiger charge is -2.10. The first-order chi connectivity index (χ1) is 9.22. The zero-order chi connectivity index (χ0) is 13.7. The molecule has 2 rings (SSSR count). The molecular formula is C14H16ClN3O. The number of hydrogen-bond acceptors (Lipinski definition) is 4. The minimum atomic E-state index is 0.586. The molecule has 0 aliphatic rings. The molecule has 100 valence electrons. The van der Waals surface area contributed by atoms with Crippen molar-refractivity contribution in [2.45, 2.75) is 6.92 Å². The van der Waals surface area contributed by atoms with Crippen LogP contribution in [-0.2, 0) is 0 Å². The van der Waals surface area contributed by atoms with Crippen LogP contribution in [0.1, 0.15) is 6.92 Å². The molecule has 0 aliphatic carbocycles. The van der Waals surface area contributed by atoms with E-state index in [9.17, 15) is 0 Å². The Morgan fingerprint density at radius 2 is 2.00 bits per heavy atom. The van der Waals surface area contributed by atoms with E-state index in [-0.39, 0.29) is 0 Å². The van der Waals surface area contributed by atoms with Crippen LogP contribution in [0.4, 0.5) is 17.3 Å². The Labute approximate surface area is 117 Å². The second-order valence-corrected chi connectivity index (χ2v) is 4.32. The molecule has 2 aromatic rings. The molecule has 4 nitrogen and oxygen atoms in total. The minimum Gasteiger partial charge on any atom is -0.495 e. The molecule has 5 heteroatoms. The first-order valence-electron chi connectivity index (χ1n) is 6.04. The molecule has 0 radical (unpaired) electrons. The first-order valence-corrected chi connectivity index (χ1v) is 6.42. The van der Waals surface area contributed by atoms with Crippen LogP contribution in [0.5, 0.6) is 5.75 Å². The van der Waals surface area contributed by atoms with E-state index in [1.807, 2.05) is 37.3 Å². The van der Waals surface area contributed by atoms with Gasteiger partial charge in [0.05, 0.1) is 12.1 Å². The van der Waals surface area contributed by atoms with Crippen LogP contribution in [-0.4, -0.2) is 18.6 Å². The van der Waals surface area contributed by atoms with Gasteiger partial charge < -0.3 is 15.4 Å². The molecular weight excluding hydrogens is 262 g/mol. The number of benzene rings is 1. The number of anilines is 3. The van der Waals surface area contributed by atoms with Crippen molar-refractivity contribution in [2.24, 2.45) is 0 Å². The van der Waals surface area contributed by atoms with Crippen LogP contribution in [0.2, 0.25) is 5.02 Å². The van der Waals surface area contributed by atoms with Crippen molar-refractivity contribution in [3.05, 3.63) is 41.4 Å². The van der Waals surface area contributed by atoms with Gasteiger partial charge in [-0.3, -0.25) is 0 Å². The molecule has 1 aromatic heterocycles. The molecule has 0 unspecified atom stereocenters. The monoisotopic (exact) mass is 277 g/mol. The van der Waals surface area contributed by atoms with Gasteiger partial charge in [0.25, 0.3) is 0 Å². The third kappa shape index (κ3) is 3.51. The molecule has 2 N–H and O–H groups in total. The zero-order valence-electron chi connectivity index (χ0n) is 10.9. The maximum atomic E-state index is 5.99. The van der Waals surface area contributed by atoms with Crippen molar-refractivity contribution in [3.8, 4) is 5.75 Å². The van der Waals surface area contributed by atoms with Crippen LogP contribution < -0.4 is 15.4 Å². The minimum absolute atomic E-state index is 0.586. The van der Waals surface area contributed by atoms with Gasteiger partial charge >= 0.3 is 0 Å². The molecule has 1 heterocycles. The highest BCUT2D eigenvalue weighted by Gasteiger charge is 2.03. The molecule has 1 aromatic carbocycles. The average Bonchev–Trinajstić information content (AvgIpc) is 2.42. The predicted molar refractivity (Wildman–Crippen MR) is 79.7 cm³/mol. The number of methoxy groups -OCH3 is 1. The summed E-state index contributed by atoms with van der Waals surface area (Å²) in [6.45, 7) is 2.87. The lowest BCUT2D eigenvalue weighted by Crippen LogP contribution is -2.01. The van der Waals surface area contributed by atoms with Gasteiger partial charge in [-0.25, -0.2) is 4.98 Å². The van der Waals surface area contributed by atoms with Gasteiger partial charge in [0.1, 0.15) is 17.4 Å². The number of hydrogen-bond donors (Lipinski definition) is 2. The van der Waals surface area contributed by atoms with Crippen LogP contribution >= 0.6 is 11.6 Å². The lowest BCUT2D eigenvalue weighted by molar-refractivity contribution is 0.415. The van der Waals surface area contributed by atoms with Gasteiger partial charge in [0, 0.05) is 18.3 Å². The normalized spacial score (nSPS) is 10.1. The summed E-state index contributed by atoms with van der Waals surface area (Å²) in [6.07, 6.45) is 0. The quantitative estimate of drug-likeness (QED) is 0.870. The highest BCUT2D eigenvalue weighted by atomic mass is 35.5. The largest absolute Gasteiger partial charge is 0.495 e. The fourth-order valence-electron chi connectivity index (χ4n) is 1.67. The van der Waals surface area contributed by atoms with Crippen molar-refractivity contribution in [2.75, 3.05) is 24.3 Å². The predicted octanol–water partition coefficient (Wildman–Crippen LogP) is 3.92. The number of nitrogens with one attached hydrogen (secondary N) is 2. The Balaban J connectivity index is 2.18. The maximum Gasteiger partial charge on any atom is 0.139 e. The summed E-state index contributed by atoms with van der Waals surface area (Å²) in [7, 11) is 1.59. The van der Waals surface area contributed by atoms with Gasteiger partial charge in [-0.15, -0.1) is 0 Å². The SMILES string of the molecule is CCNc1cccc(Nc2ccc(Cl)c(OC)c2)n1.